The van der Waals surface area contributed by atoms with Crippen LogP contribution in [0, 0.1) is 12.8 Å². The molecule has 1 aliphatic carbocycles. The maximum absolute atomic E-state index is 13.5. The normalized spacial score (nSPS) is 15.0. The van der Waals surface area contributed by atoms with Gasteiger partial charge in [-0.3, -0.25) is 9.69 Å². The average Bonchev–Trinajstić information content (AvgIpc) is 3.01. The molecule has 2 atom stereocenters. The second-order valence-corrected chi connectivity index (χ2v) is 14.7. The van der Waals surface area contributed by atoms with Gasteiger partial charge in [0.2, 0.25) is 0 Å². The van der Waals surface area contributed by atoms with Crippen LogP contribution in [0.2, 0.25) is 0 Å². The van der Waals surface area contributed by atoms with Gasteiger partial charge in [0.1, 0.15) is 28.2 Å². The number of carboxylic acids is 1. The van der Waals surface area contributed by atoms with Crippen molar-refractivity contribution in [1.29, 1.82) is 0 Å². The molecule has 0 spiro atoms. The van der Waals surface area contributed by atoms with Crippen LogP contribution in [0.3, 0.4) is 0 Å². The summed E-state index contributed by atoms with van der Waals surface area (Å²) in [5.74, 6) is -0.641. The number of amides is 1. The third-order valence-electron chi connectivity index (χ3n) is 8.72. The Morgan fingerprint density at radius 2 is 1.65 bits per heavy atom. The van der Waals surface area contributed by atoms with Crippen molar-refractivity contribution in [2.75, 3.05) is 25.7 Å². The monoisotopic (exact) mass is 650 g/mol. The van der Waals surface area contributed by atoms with Crippen molar-refractivity contribution in [3.05, 3.63) is 89.5 Å². The third-order valence-corrected chi connectivity index (χ3v) is 9.69. The van der Waals surface area contributed by atoms with Crippen LogP contribution in [0.4, 0.5) is 0 Å². The maximum Gasteiger partial charge on any atom is 0.326 e. The SMILES string of the molecule is C.Cc1ccccc1-c1cc(CN(C)[C@@H](COc2ccccc2)CC2CCCCC2)ccc1C(=O)N[C@@H](CCS(C)(=O)=O)C(=O)O. The summed E-state index contributed by atoms with van der Waals surface area (Å²) in [5, 5.41) is 12.3. The first kappa shape index (κ1) is 36.8. The van der Waals surface area contributed by atoms with Crippen LogP contribution in [-0.2, 0) is 21.2 Å². The van der Waals surface area contributed by atoms with Crippen molar-refractivity contribution in [2.24, 2.45) is 5.92 Å². The highest BCUT2D eigenvalue weighted by Crippen LogP contribution is 2.31. The first-order chi connectivity index (χ1) is 21.5. The number of likely N-dealkylation sites (N-methyl/N-ethyl adjacent to an activating group) is 1. The Labute approximate surface area is 275 Å². The van der Waals surface area contributed by atoms with Gasteiger partial charge in [0.05, 0.1) is 5.75 Å². The molecular weight excluding hydrogens is 600 g/mol. The number of aryl methyl sites for hydroxylation is 1. The van der Waals surface area contributed by atoms with E-state index in [4.69, 9.17) is 4.74 Å². The lowest BCUT2D eigenvalue weighted by molar-refractivity contribution is -0.139. The van der Waals surface area contributed by atoms with Crippen LogP contribution in [-0.4, -0.2) is 68.0 Å². The fraction of sp³-hybridized carbons (Fsp3) is 0.459. The van der Waals surface area contributed by atoms with Crippen LogP contribution in [0.5, 0.6) is 5.75 Å². The topological polar surface area (TPSA) is 113 Å². The van der Waals surface area contributed by atoms with E-state index >= 15 is 0 Å². The molecule has 3 aromatic carbocycles. The Hall–Kier alpha value is -3.69. The lowest BCUT2D eigenvalue weighted by Crippen LogP contribution is -2.42. The highest BCUT2D eigenvalue weighted by Gasteiger charge is 2.26. The number of sulfone groups is 1. The van der Waals surface area contributed by atoms with Crippen LogP contribution in [0.15, 0.2) is 72.8 Å². The van der Waals surface area contributed by atoms with Gasteiger partial charge < -0.3 is 15.2 Å². The molecule has 1 amide bonds. The Balaban J connectivity index is 0.00000576. The number of rotatable bonds is 15. The van der Waals surface area contributed by atoms with Gasteiger partial charge in [-0.1, -0.05) is 88.1 Å². The lowest BCUT2D eigenvalue weighted by atomic mass is 9.84. The van der Waals surface area contributed by atoms with Gasteiger partial charge in [-0.2, -0.15) is 0 Å². The molecule has 0 radical (unpaired) electrons. The molecule has 46 heavy (non-hydrogen) atoms. The summed E-state index contributed by atoms with van der Waals surface area (Å²) in [6.07, 6.45) is 8.25. The van der Waals surface area contributed by atoms with Crippen molar-refractivity contribution in [3.63, 3.8) is 0 Å². The molecule has 3 aromatic rings. The number of carbonyl (C=O) groups excluding carboxylic acids is 1. The van der Waals surface area contributed by atoms with E-state index in [1.54, 1.807) is 6.07 Å². The van der Waals surface area contributed by atoms with Gasteiger partial charge in [0.15, 0.2) is 0 Å². The molecule has 2 N–H and O–H groups in total. The molecule has 9 heteroatoms. The van der Waals surface area contributed by atoms with Crippen molar-refractivity contribution in [1.82, 2.24) is 10.2 Å². The quantitative estimate of drug-likeness (QED) is 0.187. The van der Waals surface area contributed by atoms with Gasteiger partial charge in [0, 0.05) is 24.4 Å². The molecule has 1 aliphatic rings. The van der Waals surface area contributed by atoms with E-state index in [1.807, 2.05) is 73.7 Å². The maximum atomic E-state index is 13.5. The van der Waals surface area contributed by atoms with Gasteiger partial charge in [-0.05, 0) is 79.3 Å². The van der Waals surface area contributed by atoms with Crippen LogP contribution >= 0.6 is 0 Å². The van der Waals surface area contributed by atoms with Gasteiger partial charge in [0.25, 0.3) is 5.91 Å². The van der Waals surface area contributed by atoms with Crippen molar-refractivity contribution in [2.45, 2.75) is 77.9 Å². The molecule has 0 aromatic heterocycles. The van der Waals surface area contributed by atoms with E-state index in [1.165, 1.54) is 32.1 Å². The van der Waals surface area contributed by atoms with E-state index in [-0.39, 0.29) is 25.6 Å². The van der Waals surface area contributed by atoms with E-state index in [9.17, 15) is 23.1 Å². The molecule has 1 fully saturated rings. The van der Waals surface area contributed by atoms with Gasteiger partial charge in [-0.25, -0.2) is 13.2 Å². The van der Waals surface area contributed by atoms with Crippen LogP contribution < -0.4 is 10.1 Å². The molecule has 250 valence electrons. The fourth-order valence-corrected chi connectivity index (χ4v) is 6.78. The van der Waals surface area contributed by atoms with E-state index in [2.05, 4.69) is 17.3 Å². The summed E-state index contributed by atoms with van der Waals surface area (Å²) in [7, 11) is -1.27. The first-order valence-corrected chi connectivity index (χ1v) is 17.8. The number of aliphatic carboxylic acids is 1. The molecule has 0 bridgehead atoms. The largest absolute Gasteiger partial charge is 0.492 e. The summed E-state index contributed by atoms with van der Waals surface area (Å²) in [6.45, 7) is 3.19. The summed E-state index contributed by atoms with van der Waals surface area (Å²) in [5.41, 5.74) is 3.92. The lowest BCUT2D eigenvalue weighted by Gasteiger charge is -2.33. The minimum absolute atomic E-state index is 0. The minimum Gasteiger partial charge on any atom is -0.492 e. The van der Waals surface area contributed by atoms with Gasteiger partial charge in [-0.15, -0.1) is 0 Å². The molecule has 4 rings (SSSR count). The summed E-state index contributed by atoms with van der Waals surface area (Å²) < 4.78 is 29.6. The number of nitrogens with one attached hydrogen (secondary N) is 1. The van der Waals surface area contributed by atoms with Crippen molar-refractivity contribution in [3.8, 4) is 16.9 Å². The number of hydrogen-bond donors (Lipinski definition) is 2. The number of carboxylic acid groups (broad SMARTS) is 1. The second kappa shape index (κ2) is 17.3. The van der Waals surface area contributed by atoms with Crippen LogP contribution in [0.1, 0.15) is 73.9 Å². The van der Waals surface area contributed by atoms with Crippen LogP contribution in [0.25, 0.3) is 11.1 Å². The van der Waals surface area contributed by atoms with Crippen molar-refractivity contribution < 1.29 is 27.9 Å². The fourth-order valence-electron chi connectivity index (χ4n) is 6.12. The Morgan fingerprint density at radius 3 is 2.30 bits per heavy atom. The van der Waals surface area contributed by atoms with E-state index in [0.29, 0.717) is 30.2 Å². The number of carbonyl (C=O) groups is 2. The highest BCUT2D eigenvalue weighted by molar-refractivity contribution is 7.90. The van der Waals surface area contributed by atoms with Gasteiger partial charge >= 0.3 is 5.97 Å². The molecule has 0 saturated heterocycles. The average molecular weight is 651 g/mol. The predicted octanol–water partition coefficient (Wildman–Crippen LogP) is 6.77. The number of nitrogens with zero attached hydrogens (tertiary/aromatic N) is 1. The molecule has 0 heterocycles. The Kier molecular flexibility index (Phi) is 13.8. The first-order valence-electron chi connectivity index (χ1n) is 15.8. The standard InChI is InChI=1S/C36H46N2O6S.CH4/c1-26-12-10-11-17-31(26)33-23-28(18-19-32(33)35(39)37-34(36(40)41)20-21-45(3,42)43)24-38(2)29(22-27-13-6-4-7-14-27)25-44-30-15-8-5-9-16-30;/h5,8-12,15-19,23,27,29,34H,4,6-7,13-14,20-22,24-25H2,1-3H3,(H,37,39)(H,40,41);1H4/t29-,34+;/m1./s1. The summed E-state index contributed by atoms with van der Waals surface area (Å²) in [6, 6.07) is 22.2. The number of ether oxygens (including phenoxy) is 1. The summed E-state index contributed by atoms with van der Waals surface area (Å²) >= 11 is 0. The zero-order chi connectivity index (χ0) is 32.4. The summed E-state index contributed by atoms with van der Waals surface area (Å²) in [4.78, 5) is 27.7. The smallest absolute Gasteiger partial charge is 0.326 e. The molecular formula is C37H50N2O6S. The Bertz CT molecular complexity index is 1540. The molecule has 0 aliphatic heterocycles. The zero-order valence-corrected chi connectivity index (χ0v) is 27.4. The molecule has 1 saturated carbocycles. The highest BCUT2D eigenvalue weighted by atomic mass is 32.2. The number of para-hydroxylation sites is 1. The minimum atomic E-state index is -3.39. The predicted molar refractivity (Wildman–Crippen MR) is 185 cm³/mol. The van der Waals surface area contributed by atoms with E-state index in [0.717, 1.165) is 35.1 Å². The van der Waals surface area contributed by atoms with Crippen molar-refractivity contribution >= 4 is 21.7 Å². The molecule has 0 unspecified atom stereocenters. The number of hydrogen-bond acceptors (Lipinski definition) is 6. The number of benzene rings is 3. The molecule has 8 nitrogen and oxygen atoms in total. The second-order valence-electron chi connectivity index (χ2n) is 12.4. The Morgan fingerprint density at radius 1 is 0.978 bits per heavy atom. The third kappa shape index (κ3) is 11.0. The van der Waals surface area contributed by atoms with E-state index < -0.39 is 27.8 Å². The zero-order valence-electron chi connectivity index (χ0n) is 26.6.